The Balaban J connectivity index is 1.70. The average Bonchev–Trinajstić information content (AvgIpc) is 2.91. The lowest BCUT2D eigenvalue weighted by atomic mass is 9.92. The highest BCUT2D eigenvalue weighted by Crippen LogP contribution is 2.24. The number of aliphatic hydroxyl groups is 1. The normalized spacial score (nSPS) is 13.6. The van der Waals surface area contributed by atoms with Gasteiger partial charge in [-0.05, 0) is 61.9 Å². The van der Waals surface area contributed by atoms with Crippen molar-refractivity contribution in [2.24, 2.45) is 5.92 Å². The van der Waals surface area contributed by atoms with Gasteiger partial charge in [0.15, 0.2) is 0 Å². The quantitative estimate of drug-likeness (QED) is 0.265. The second kappa shape index (κ2) is 14.1. The van der Waals surface area contributed by atoms with Gasteiger partial charge in [0.25, 0.3) is 5.91 Å². The predicted octanol–water partition coefficient (Wildman–Crippen LogP) is 4.35. The fraction of sp³-hybridized carbons (Fsp3) is 0.323. The van der Waals surface area contributed by atoms with E-state index in [1.54, 1.807) is 30.3 Å². The van der Waals surface area contributed by atoms with E-state index in [0.717, 1.165) is 21.0 Å². The number of hydrogen-bond donors (Lipinski definition) is 3. The Labute approximate surface area is 238 Å². The monoisotopic (exact) mass is 564 g/mol. The zero-order chi connectivity index (χ0) is 29.3. The first-order valence-corrected chi connectivity index (χ1v) is 14.6. The Morgan fingerprint density at radius 3 is 2.00 bits per heavy atom. The number of aryl methyl sites for hydroxylation is 1. The molecule has 0 fully saturated rings. The molecule has 0 spiro atoms. The topological polar surface area (TPSA) is 130 Å². The van der Waals surface area contributed by atoms with Crippen molar-refractivity contribution >= 4 is 34.8 Å². The summed E-state index contributed by atoms with van der Waals surface area (Å²) in [5, 5.41) is 22.8. The van der Waals surface area contributed by atoms with E-state index in [1.165, 1.54) is 20.1 Å². The van der Waals surface area contributed by atoms with Gasteiger partial charge in [-0.3, -0.25) is 14.4 Å². The molecule has 0 bridgehead atoms. The zero-order valence-corrected chi connectivity index (χ0v) is 23.8. The van der Waals surface area contributed by atoms with Crippen molar-refractivity contribution in [3.05, 3.63) is 90.5 Å². The van der Waals surface area contributed by atoms with Crippen molar-refractivity contribution in [2.75, 3.05) is 10.6 Å². The van der Waals surface area contributed by atoms with E-state index in [4.69, 9.17) is 0 Å². The van der Waals surface area contributed by atoms with Crippen LogP contribution in [0.15, 0.2) is 84.9 Å². The number of para-hydroxylation sites is 1. The van der Waals surface area contributed by atoms with Gasteiger partial charge in [-0.2, -0.15) is 0 Å². The van der Waals surface area contributed by atoms with Crippen molar-refractivity contribution < 1.29 is 29.1 Å². The molecule has 0 aliphatic carbocycles. The van der Waals surface area contributed by atoms with Crippen LogP contribution >= 0.6 is 0 Å². The number of benzene rings is 3. The number of aliphatic carboxylic acids is 1. The Kier molecular flexibility index (Phi) is 10.9. The van der Waals surface area contributed by atoms with Crippen LogP contribution in [0.1, 0.15) is 38.7 Å². The molecule has 0 aliphatic heterocycles. The number of carbonyl (C=O) groups excluding carboxylic acids is 2. The number of rotatable bonds is 13. The third-order valence-corrected chi connectivity index (χ3v) is 7.46. The first-order valence-electron chi connectivity index (χ1n) is 13.1. The summed E-state index contributed by atoms with van der Waals surface area (Å²) in [5.41, 5.74) is 1.89. The SMILES string of the molecule is C[S@+]([O-])N(C(=O)C(NC(=O)C(CCCc1ccc(-c2ccccc2)cc1)CC(=O)O)C(C)(C)O)c1ccccc1. The van der Waals surface area contributed by atoms with Crippen molar-refractivity contribution in [3.63, 3.8) is 0 Å². The van der Waals surface area contributed by atoms with Gasteiger partial charge in [0, 0.05) is 5.92 Å². The van der Waals surface area contributed by atoms with Crippen LogP contribution in [0.3, 0.4) is 0 Å². The van der Waals surface area contributed by atoms with Gasteiger partial charge in [-0.15, -0.1) is 4.31 Å². The summed E-state index contributed by atoms with van der Waals surface area (Å²) in [4.78, 5) is 38.3. The second-order valence-electron chi connectivity index (χ2n) is 10.2. The van der Waals surface area contributed by atoms with E-state index in [1.807, 2.05) is 54.6 Å². The summed E-state index contributed by atoms with van der Waals surface area (Å²) in [5.74, 6) is -3.48. The van der Waals surface area contributed by atoms with Crippen LogP contribution in [0.4, 0.5) is 5.69 Å². The van der Waals surface area contributed by atoms with Crippen LogP contribution in [0.5, 0.6) is 0 Å². The van der Waals surface area contributed by atoms with Gasteiger partial charge in [-0.25, -0.2) is 0 Å². The van der Waals surface area contributed by atoms with Gasteiger partial charge in [-0.1, -0.05) is 72.8 Å². The third-order valence-electron chi connectivity index (χ3n) is 6.56. The molecule has 3 atom stereocenters. The summed E-state index contributed by atoms with van der Waals surface area (Å²) in [6.07, 6.45) is 2.37. The molecule has 0 heterocycles. The standard InChI is InChI=1S/C31H36N2O6S/c1-31(2,38)28(30(37)33(40(3)39)26-15-8-5-9-16-26)32-29(36)25(21-27(34)35)14-10-11-22-17-19-24(20-18-22)23-12-6-4-7-13-23/h4-9,12-13,15-20,25,28,38H,10-11,14,21H2,1-3H3,(H,32,36)(H,34,35)/t25?,28?,40-/m0/s1. The Hall–Kier alpha value is -3.66. The smallest absolute Gasteiger partial charge is 0.304 e. The Morgan fingerprint density at radius 2 is 1.48 bits per heavy atom. The van der Waals surface area contributed by atoms with E-state index in [9.17, 15) is 29.1 Å². The minimum absolute atomic E-state index is 0.271. The van der Waals surface area contributed by atoms with Crippen molar-refractivity contribution in [3.8, 4) is 11.1 Å². The number of anilines is 1. The summed E-state index contributed by atoms with van der Waals surface area (Å²) in [6, 6.07) is 24.9. The first kappa shape index (κ1) is 30.9. The molecular formula is C31H36N2O6S. The molecule has 3 N–H and O–H groups in total. The van der Waals surface area contributed by atoms with Gasteiger partial charge < -0.3 is 20.1 Å². The van der Waals surface area contributed by atoms with E-state index in [2.05, 4.69) is 5.32 Å². The van der Waals surface area contributed by atoms with Crippen LogP contribution in [-0.2, 0) is 32.2 Å². The first-order chi connectivity index (χ1) is 19.0. The highest BCUT2D eigenvalue weighted by atomic mass is 32.2. The van der Waals surface area contributed by atoms with E-state index in [-0.39, 0.29) is 6.42 Å². The lowest BCUT2D eigenvalue weighted by molar-refractivity contribution is -0.142. The maximum Gasteiger partial charge on any atom is 0.304 e. The number of carboxylic acid groups (broad SMARTS) is 1. The molecule has 2 unspecified atom stereocenters. The van der Waals surface area contributed by atoms with Crippen molar-refractivity contribution in [1.82, 2.24) is 5.32 Å². The highest BCUT2D eigenvalue weighted by Gasteiger charge is 2.42. The number of nitrogens with one attached hydrogen (secondary N) is 1. The van der Waals surface area contributed by atoms with E-state index < -0.39 is 53.1 Å². The van der Waals surface area contributed by atoms with Gasteiger partial charge in [0.1, 0.15) is 12.3 Å². The molecule has 3 aromatic carbocycles. The number of nitrogens with zero attached hydrogens (tertiary/aromatic N) is 1. The van der Waals surface area contributed by atoms with Crippen LogP contribution in [0, 0.1) is 5.92 Å². The Bertz CT molecular complexity index is 1260. The summed E-state index contributed by atoms with van der Waals surface area (Å²) < 4.78 is 13.5. The van der Waals surface area contributed by atoms with Crippen LogP contribution < -0.4 is 9.62 Å². The van der Waals surface area contributed by atoms with Crippen molar-refractivity contribution in [2.45, 2.75) is 51.2 Å². The second-order valence-corrected chi connectivity index (χ2v) is 11.4. The largest absolute Gasteiger partial charge is 0.593 e. The fourth-order valence-electron chi connectivity index (χ4n) is 4.47. The predicted molar refractivity (Wildman–Crippen MR) is 157 cm³/mol. The molecular weight excluding hydrogens is 528 g/mol. The summed E-state index contributed by atoms with van der Waals surface area (Å²) in [7, 11) is 0. The van der Waals surface area contributed by atoms with Crippen molar-refractivity contribution in [1.29, 1.82) is 0 Å². The number of carboxylic acids is 1. The molecule has 0 radical (unpaired) electrons. The third kappa shape index (κ3) is 8.67. The maximum absolute atomic E-state index is 13.5. The lowest BCUT2D eigenvalue weighted by Crippen LogP contribution is -2.60. The molecule has 212 valence electrons. The number of carbonyl (C=O) groups is 3. The van der Waals surface area contributed by atoms with E-state index >= 15 is 0 Å². The number of hydrogen-bond acceptors (Lipinski definition) is 5. The zero-order valence-electron chi connectivity index (χ0n) is 22.9. The maximum atomic E-state index is 13.5. The lowest BCUT2D eigenvalue weighted by Gasteiger charge is -2.33. The molecule has 3 aromatic rings. The molecule has 3 rings (SSSR count). The highest BCUT2D eigenvalue weighted by molar-refractivity contribution is 7.92. The molecule has 40 heavy (non-hydrogen) atoms. The minimum Gasteiger partial charge on any atom is -0.593 e. The minimum atomic E-state index is -1.79. The molecule has 2 amide bonds. The molecule has 0 saturated carbocycles. The number of amides is 2. The van der Waals surface area contributed by atoms with Gasteiger partial charge >= 0.3 is 5.97 Å². The summed E-state index contributed by atoms with van der Waals surface area (Å²) >= 11 is -1.79. The molecule has 0 aromatic heterocycles. The average molecular weight is 565 g/mol. The summed E-state index contributed by atoms with van der Waals surface area (Å²) in [6.45, 7) is 2.73. The van der Waals surface area contributed by atoms with E-state index in [0.29, 0.717) is 18.5 Å². The fourth-order valence-corrected chi connectivity index (χ4v) is 5.24. The Morgan fingerprint density at radius 1 is 0.925 bits per heavy atom. The molecule has 0 saturated heterocycles. The molecule has 0 aliphatic rings. The van der Waals surface area contributed by atoms with Gasteiger partial charge in [0.05, 0.1) is 29.1 Å². The van der Waals surface area contributed by atoms with Crippen LogP contribution in [0.2, 0.25) is 0 Å². The van der Waals surface area contributed by atoms with Crippen LogP contribution in [-0.4, -0.2) is 50.4 Å². The molecule has 9 heteroatoms. The van der Waals surface area contributed by atoms with Crippen LogP contribution in [0.25, 0.3) is 11.1 Å². The van der Waals surface area contributed by atoms with Gasteiger partial charge in [0.2, 0.25) is 5.91 Å². The molecule has 8 nitrogen and oxygen atoms in total.